The molecule has 0 heterocycles. The highest BCUT2D eigenvalue weighted by Gasteiger charge is 2.31. The molecule has 0 aliphatic carbocycles. The molecule has 0 aromatic rings. The number of likely N-dealkylation sites (N-methyl/N-ethyl adjacent to an activating group) is 1. The van der Waals surface area contributed by atoms with Crippen molar-refractivity contribution in [1.82, 2.24) is 0 Å². The minimum absolute atomic E-state index is 0.0117. The fraction of sp³-hybridized carbons (Fsp3) is 0.783. The van der Waals surface area contributed by atoms with Crippen molar-refractivity contribution in [2.75, 3.05) is 47.5 Å². The van der Waals surface area contributed by atoms with Crippen molar-refractivity contribution in [3.8, 4) is 0 Å². The molecule has 0 saturated heterocycles. The molecular formula is C46H85NO8P+. The van der Waals surface area contributed by atoms with Crippen molar-refractivity contribution in [2.24, 2.45) is 0 Å². The number of rotatable bonds is 40. The fourth-order valence-electron chi connectivity index (χ4n) is 5.73. The summed E-state index contributed by atoms with van der Waals surface area (Å²) in [7, 11) is 1.33. The summed E-state index contributed by atoms with van der Waals surface area (Å²) < 4.78 is 29.9. The Morgan fingerprint density at radius 1 is 0.625 bits per heavy atom. The van der Waals surface area contributed by atoms with Crippen LogP contribution in [0.1, 0.15) is 182 Å². The molecule has 3 atom stereocenters. The number of ether oxygens (including phenoxy) is 2. The van der Waals surface area contributed by atoms with E-state index in [1.807, 2.05) is 33.3 Å². The van der Waals surface area contributed by atoms with Gasteiger partial charge in [-0.25, -0.2) is 0 Å². The van der Waals surface area contributed by atoms with E-state index in [2.05, 4.69) is 50.3 Å². The second-order valence-electron chi connectivity index (χ2n) is 15.9. The van der Waals surface area contributed by atoms with Crippen LogP contribution in [0.15, 0.2) is 48.6 Å². The van der Waals surface area contributed by atoms with E-state index in [9.17, 15) is 19.4 Å². The van der Waals surface area contributed by atoms with Gasteiger partial charge in [-0.3, -0.25) is 9.59 Å². The average molecular weight is 813 g/mol. The third-order valence-electron chi connectivity index (χ3n) is 9.24. The third-order valence-corrected chi connectivity index (χ3v) is 10.2. The second-order valence-corrected chi connectivity index (χ2v) is 17.4. The summed E-state index contributed by atoms with van der Waals surface area (Å²) in [5.41, 5.74) is 0. The first-order chi connectivity index (χ1) is 27.4. The lowest BCUT2D eigenvalue weighted by atomic mass is 10.0. The number of phosphoric ester groups is 1. The number of carbonyl (C=O) groups excluding carboxylic acids is 2. The van der Waals surface area contributed by atoms with Crippen molar-refractivity contribution < 1.29 is 43.8 Å². The largest absolute Gasteiger partial charge is 0.606 e. The van der Waals surface area contributed by atoms with Crippen molar-refractivity contribution in [3.63, 3.8) is 0 Å². The summed E-state index contributed by atoms with van der Waals surface area (Å²) in [5.74, 6) is -1.24. The first-order valence-electron chi connectivity index (χ1n) is 22.8. The lowest BCUT2D eigenvalue weighted by Gasteiger charge is -2.26. The Kier molecular flexibility index (Phi) is 36.0. The van der Waals surface area contributed by atoms with Gasteiger partial charge in [0.2, 0.25) is 0 Å². The van der Waals surface area contributed by atoms with Crippen LogP contribution in [-0.4, -0.2) is 74.9 Å². The highest BCUT2D eigenvalue weighted by atomic mass is 31.2. The molecule has 2 unspecified atom stereocenters. The number of nitrogens with zero attached hydrogens (tertiary/aromatic N) is 1. The van der Waals surface area contributed by atoms with Crippen LogP contribution in [0.5, 0.6) is 0 Å². The fourth-order valence-corrected chi connectivity index (χ4v) is 6.47. The maximum Gasteiger partial charge on any atom is 0.377 e. The van der Waals surface area contributed by atoms with E-state index in [0.717, 1.165) is 44.9 Å². The highest BCUT2D eigenvalue weighted by Crippen LogP contribution is 2.47. The Balaban J connectivity index is 4.57. The molecule has 0 aliphatic heterocycles. The standard InChI is InChI=1S/C46H84NO8P/c1-6-8-10-12-14-16-18-20-22-23-25-27-29-31-33-35-37-39-46(49)55-44(43-54-56(50,51)53-41-40-47(3,4)5)42-52-45(48)38-36-34-32-30-28-26-24-21-19-17-15-13-11-9-7-2/h14,16,20,22,25,27,31,33,44H,6-13,15,17-19,21,23-24,26,28-30,32,34-43H2,1-5H3/p+1/b16-14-,22-20-,27-25-,33-31-/t44-/m1/s1/i39T/t39?,44-. The molecule has 0 radical (unpaired) electrons. The lowest BCUT2D eigenvalue weighted by Crippen LogP contribution is -2.38. The van der Waals surface area contributed by atoms with Crippen LogP contribution in [-0.2, 0) is 28.1 Å². The SMILES string of the molecule is [3H]C(CC/C=C\C/C=C\C/C=C\C/C=C\CCCCC)C(=O)O[C@H](COC(=O)CCCCCCCCCCCCCCCCC)CO[P+]([O-])(O)OCC[N+](C)(C)C. The van der Waals surface area contributed by atoms with Gasteiger partial charge in [0.15, 0.2) is 6.10 Å². The quantitative estimate of drug-likeness (QED) is 0.0214. The van der Waals surface area contributed by atoms with E-state index in [1.54, 1.807) is 0 Å². The molecule has 56 heavy (non-hydrogen) atoms. The van der Waals surface area contributed by atoms with Crippen LogP contribution in [0.4, 0.5) is 0 Å². The molecular weight excluding hydrogens is 725 g/mol. The average Bonchev–Trinajstić information content (AvgIpc) is 3.16. The van der Waals surface area contributed by atoms with Crippen LogP contribution in [0.2, 0.25) is 0 Å². The van der Waals surface area contributed by atoms with Crippen LogP contribution >= 0.6 is 8.17 Å². The zero-order valence-electron chi connectivity index (χ0n) is 37.5. The molecule has 0 aromatic heterocycles. The molecule has 0 bridgehead atoms. The minimum atomic E-state index is -4.45. The Bertz CT molecular complexity index is 1080. The van der Waals surface area contributed by atoms with Crippen LogP contribution < -0.4 is 4.89 Å². The summed E-state index contributed by atoms with van der Waals surface area (Å²) >= 11 is 0. The van der Waals surface area contributed by atoms with Gasteiger partial charge in [-0.05, 0) is 51.4 Å². The van der Waals surface area contributed by atoms with Gasteiger partial charge in [0.05, 0.1) is 21.1 Å². The molecule has 0 fully saturated rings. The maximum absolute atomic E-state index is 12.8. The second kappa shape index (κ2) is 38.6. The van der Waals surface area contributed by atoms with Gasteiger partial charge < -0.3 is 18.9 Å². The molecule has 0 spiro atoms. The van der Waals surface area contributed by atoms with Crippen molar-refractivity contribution in [1.29, 1.82) is 0 Å². The smallest absolute Gasteiger partial charge is 0.377 e. The summed E-state index contributed by atoms with van der Waals surface area (Å²) in [4.78, 5) is 48.0. The van der Waals surface area contributed by atoms with E-state index in [-0.39, 0.29) is 26.1 Å². The number of quaternary nitrogens is 1. The van der Waals surface area contributed by atoms with Gasteiger partial charge >= 0.3 is 20.1 Å². The van der Waals surface area contributed by atoms with Gasteiger partial charge in [-0.15, -0.1) is 0 Å². The number of unbranched alkanes of at least 4 members (excludes halogenated alkanes) is 17. The zero-order valence-corrected chi connectivity index (χ0v) is 37.4. The highest BCUT2D eigenvalue weighted by molar-refractivity contribution is 7.52. The molecule has 326 valence electrons. The summed E-state index contributed by atoms with van der Waals surface area (Å²) in [5, 5.41) is 0. The first kappa shape index (κ1) is 52.1. The predicted octanol–water partition coefficient (Wildman–Crippen LogP) is 11.6. The van der Waals surface area contributed by atoms with Gasteiger partial charge in [0.25, 0.3) is 0 Å². The molecule has 0 aliphatic rings. The Hall–Kier alpha value is -1.87. The van der Waals surface area contributed by atoms with Crippen LogP contribution in [0.3, 0.4) is 0 Å². The number of phosphoric acid groups is 1. The number of carbonyl (C=O) groups is 2. The summed E-state index contributed by atoms with van der Waals surface area (Å²) in [6, 6.07) is 0. The predicted molar refractivity (Wildman–Crippen MR) is 233 cm³/mol. The van der Waals surface area contributed by atoms with Crippen molar-refractivity contribution in [3.05, 3.63) is 48.6 Å². The normalized spacial score (nSPS) is 14.9. The lowest BCUT2D eigenvalue weighted by molar-refractivity contribution is -0.870. The third kappa shape index (κ3) is 41.8. The molecule has 10 heteroatoms. The first-order valence-corrected chi connectivity index (χ1v) is 23.7. The van der Waals surface area contributed by atoms with E-state index in [0.29, 0.717) is 23.9 Å². The van der Waals surface area contributed by atoms with Gasteiger partial charge in [-0.2, -0.15) is 13.9 Å². The zero-order chi connectivity index (χ0) is 42.3. The summed E-state index contributed by atoms with van der Waals surface area (Å²) in [6.07, 6.45) is 41.7. The monoisotopic (exact) mass is 813 g/mol. The van der Waals surface area contributed by atoms with Gasteiger partial charge in [0.1, 0.15) is 26.4 Å². The Morgan fingerprint density at radius 3 is 1.57 bits per heavy atom. The number of hydrogen-bond donors (Lipinski definition) is 1. The molecule has 0 saturated carbocycles. The topological polar surface area (TPSA) is 114 Å². The maximum atomic E-state index is 12.8. The molecule has 0 amide bonds. The Morgan fingerprint density at radius 2 is 1.07 bits per heavy atom. The minimum Gasteiger partial charge on any atom is -0.606 e. The molecule has 0 aromatic carbocycles. The number of allylic oxidation sites excluding steroid dienone is 8. The van der Waals surface area contributed by atoms with Gasteiger partial charge in [0, 0.05) is 14.2 Å². The van der Waals surface area contributed by atoms with E-state index < -0.39 is 39.2 Å². The number of hydrogen-bond acceptors (Lipinski definition) is 8. The molecule has 0 rings (SSSR count). The van der Waals surface area contributed by atoms with Crippen LogP contribution in [0.25, 0.3) is 0 Å². The Labute approximate surface area is 346 Å². The summed E-state index contributed by atoms with van der Waals surface area (Å²) in [6.45, 7) is 4.08. The van der Waals surface area contributed by atoms with E-state index in [1.165, 1.54) is 89.9 Å². The van der Waals surface area contributed by atoms with Crippen LogP contribution in [0, 0.1) is 0 Å². The molecule has 9 nitrogen and oxygen atoms in total. The van der Waals surface area contributed by atoms with Crippen molar-refractivity contribution >= 4 is 20.1 Å². The van der Waals surface area contributed by atoms with Crippen molar-refractivity contribution in [2.45, 2.75) is 187 Å². The molecule has 1 N–H and O–H groups in total. The van der Waals surface area contributed by atoms with E-state index >= 15 is 0 Å². The number of esters is 2. The van der Waals surface area contributed by atoms with E-state index in [4.69, 9.17) is 19.9 Å². The van der Waals surface area contributed by atoms with Gasteiger partial charge in [-0.1, -0.05) is 165 Å².